The minimum absolute atomic E-state index is 0.0114. The molecule has 0 saturated carbocycles. The van der Waals surface area contributed by atoms with E-state index in [4.69, 9.17) is 26.9 Å². The van der Waals surface area contributed by atoms with Gasteiger partial charge in [-0.2, -0.15) is 0 Å². The topological polar surface area (TPSA) is 56.5 Å². The first-order valence-corrected chi connectivity index (χ1v) is 6.40. The summed E-state index contributed by atoms with van der Waals surface area (Å²) in [6, 6.07) is 5.57. The van der Waals surface area contributed by atoms with Gasteiger partial charge in [-0.25, -0.2) is 0 Å². The van der Waals surface area contributed by atoms with Crippen molar-refractivity contribution in [3.05, 3.63) is 28.8 Å². The van der Waals surface area contributed by atoms with Crippen molar-refractivity contribution in [2.45, 2.75) is 32.4 Å². The molecule has 4 nitrogen and oxygen atoms in total. The zero-order valence-corrected chi connectivity index (χ0v) is 11.8. The van der Waals surface area contributed by atoms with Crippen LogP contribution in [0.5, 0.6) is 5.75 Å². The Hall–Kier alpha value is -0.810. The predicted molar refractivity (Wildman–Crippen MR) is 73.9 cm³/mol. The molecule has 5 heteroatoms. The van der Waals surface area contributed by atoms with Crippen LogP contribution >= 0.6 is 11.6 Å². The summed E-state index contributed by atoms with van der Waals surface area (Å²) in [6.45, 7) is 4.61. The highest BCUT2D eigenvalue weighted by molar-refractivity contribution is 6.30. The molecule has 0 radical (unpaired) electrons. The standard InChI is InChI=1S/C13H21ClN2O2/c1-4-18-9(2)12(16-15)8-10-7-11(14)5-6-13(10)17-3/h5-7,9,12,16H,4,8,15H2,1-3H3. The number of nitrogens with two attached hydrogens (primary N) is 1. The van der Waals surface area contributed by atoms with Gasteiger partial charge in [0.05, 0.1) is 19.3 Å². The molecular weight excluding hydrogens is 252 g/mol. The summed E-state index contributed by atoms with van der Waals surface area (Å²) in [5, 5.41) is 0.686. The van der Waals surface area contributed by atoms with Gasteiger partial charge in [-0.05, 0) is 44.0 Å². The number of halogens is 1. The van der Waals surface area contributed by atoms with E-state index in [9.17, 15) is 0 Å². The Balaban J connectivity index is 2.83. The minimum atomic E-state index is 0.0114. The monoisotopic (exact) mass is 272 g/mol. The zero-order valence-electron chi connectivity index (χ0n) is 11.1. The van der Waals surface area contributed by atoms with Gasteiger partial charge in [0, 0.05) is 11.6 Å². The average Bonchev–Trinajstić information content (AvgIpc) is 2.36. The summed E-state index contributed by atoms with van der Waals surface area (Å²) in [4.78, 5) is 0. The van der Waals surface area contributed by atoms with Crippen molar-refractivity contribution in [2.24, 2.45) is 5.84 Å². The molecule has 1 rings (SSSR count). The van der Waals surface area contributed by atoms with Crippen molar-refractivity contribution in [1.82, 2.24) is 5.43 Å². The van der Waals surface area contributed by atoms with Crippen LogP contribution in [0.15, 0.2) is 18.2 Å². The smallest absolute Gasteiger partial charge is 0.122 e. The molecule has 102 valence electrons. The van der Waals surface area contributed by atoms with Gasteiger partial charge in [-0.1, -0.05) is 11.6 Å². The van der Waals surface area contributed by atoms with Crippen LogP contribution in [0.3, 0.4) is 0 Å². The highest BCUT2D eigenvalue weighted by Crippen LogP contribution is 2.24. The zero-order chi connectivity index (χ0) is 13.5. The second-order valence-electron chi connectivity index (χ2n) is 4.09. The van der Waals surface area contributed by atoms with Crippen LogP contribution < -0.4 is 16.0 Å². The first-order chi connectivity index (χ1) is 8.62. The summed E-state index contributed by atoms with van der Waals surface area (Å²) in [5.74, 6) is 6.39. The van der Waals surface area contributed by atoms with Crippen LogP contribution in [0.1, 0.15) is 19.4 Å². The van der Waals surface area contributed by atoms with Crippen LogP contribution in [0.2, 0.25) is 5.02 Å². The van der Waals surface area contributed by atoms with Crippen molar-refractivity contribution in [3.63, 3.8) is 0 Å². The molecule has 0 saturated heterocycles. The van der Waals surface area contributed by atoms with Crippen LogP contribution in [0, 0.1) is 0 Å². The van der Waals surface area contributed by atoms with Crippen molar-refractivity contribution < 1.29 is 9.47 Å². The van der Waals surface area contributed by atoms with Gasteiger partial charge in [0.1, 0.15) is 5.75 Å². The third kappa shape index (κ3) is 4.14. The first kappa shape index (κ1) is 15.2. The number of benzene rings is 1. The molecule has 0 aliphatic rings. The SMILES string of the molecule is CCOC(C)C(Cc1cc(Cl)ccc1OC)NN. The van der Waals surface area contributed by atoms with E-state index >= 15 is 0 Å². The Kier molecular flexibility index (Phi) is 6.43. The van der Waals surface area contributed by atoms with E-state index in [2.05, 4.69) is 5.43 Å². The largest absolute Gasteiger partial charge is 0.496 e. The van der Waals surface area contributed by atoms with Gasteiger partial charge in [-0.15, -0.1) is 0 Å². The molecule has 0 aliphatic heterocycles. The molecule has 0 heterocycles. The molecule has 18 heavy (non-hydrogen) atoms. The van der Waals surface area contributed by atoms with E-state index in [0.29, 0.717) is 18.1 Å². The molecule has 0 aliphatic carbocycles. The van der Waals surface area contributed by atoms with Crippen LogP contribution in [-0.2, 0) is 11.2 Å². The second kappa shape index (κ2) is 7.59. The fourth-order valence-electron chi connectivity index (χ4n) is 1.88. The lowest BCUT2D eigenvalue weighted by molar-refractivity contribution is 0.0475. The lowest BCUT2D eigenvalue weighted by Crippen LogP contribution is -2.45. The lowest BCUT2D eigenvalue weighted by atomic mass is 10.0. The van der Waals surface area contributed by atoms with Gasteiger partial charge >= 0.3 is 0 Å². The fourth-order valence-corrected chi connectivity index (χ4v) is 2.08. The number of nitrogens with one attached hydrogen (secondary N) is 1. The Labute approximate surface area is 113 Å². The van der Waals surface area contributed by atoms with Crippen molar-refractivity contribution >= 4 is 11.6 Å². The Morgan fingerprint density at radius 2 is 2.17 bits per heavy atom. The summed E-state index contributed by atoms with van der Waals surface area (Å²) < 4.78 is 10.9. The van der Waals surface area contributed by atoms with Crippen molar-refractivity contribution in [2.75, 3.05) is 13.7 Å². The summed E-state index contributed by atoms with van der Waals surface area (Å²) in [6.07, 6.45) is 0.713. The normalized spacial score (nSPS) is 14.3. The second-order valence-corrected chi connectivity index (χ2v) is 4.53. The van der Waals surface area contributed by atoms with Crippen LogP contribution in [-0.4, -0.2) is 25.9 Å². The molecular formula is C13H21ClN2O2. The minimum Gasteiger partial charge on any atom is -0.496 e. The van der Waals surface area contributed by atoms with Gasteiger partial charge in [-0.3, -0.25) is 11.3 Å². The molecule has 1 aromatic carbocycles. The van der Waals surface area contributed by atoms with E-state index in [1.165, 1.54) is 0 Å². The highest BCUT2D eigenvalue weighted by atomic mass is 35.5. The Morgan fingerprint density at radius 1 is 1.44 bits per heavy atom. The van der Waals surface area contributed by atoms with Crippen LogP contribution in [0.25, 0.3) is 0 Å². The molecule has 0 aromatic heterocycles. The van der Waals surface area contributed by atoms with E-state index in [1.54, 1.807) is 13.2 Å². The number of methoxy groups -OCH3 is 1. The van der Waals surface area contributed by atoms with Gasteiger partial charge in [0.2, 0.25) is 0 Å². The van der Waals surface area contributed by atoms with E-state index in [0.717, 1.165) is 11.3 Å². The maximum Gasteiger partial charge on any atom is 0.122 e. The van der Waals surface area contributed by atoms with Gasteiger partial charge in [0.25, 0.3) is 0 Å². The summed E-state index contributed by atoms with van der Waals surface area (Å²) in [7, 11) is 1.64. The first-order valence-electron chi connectivity index (χ1n) is 6.02. The molecule has 1 aromatic rings. The molecule has 0 fully saturated rings. The average molecular weight is 273 g/mol. The van der Waals surface area contributed by atoms with Gasteiger partial charge < -0.3 is 9.47 Å². The van der Waals surface area contributed by atoms with Gasteiger partial charge in [0.15, 0.2) is 0 Å². The highest BCUT2D eigenvalue weighted by Gasteiger charge is 2.18. The Bertz CT molecular complexity index is 374. The number of hydrogen-bond acceptors (Lipinski definition) is 4. The molecule has 3 N–H and O–H groups in total. The summed E-state index contributed by atoms with van der Waals surface area (Å²) >= 11 is 6.00. The lowest BCUT2D eigenvalue weighted by Gasteiger charge is -2.24. The molecule has 0 bridgehead atoms. The summed E-state index contributed by atoms with van der Waals surface area (Å²) in [5.41, 5.74) is 3.80. The molecule has 2 atom stereocenters. The predicted octanol–water partition coefficient (Wildman–Crippen LogP) is 2.15. The maximum atomic E-state index is 6.00. The quantitative estimate of drug-likeness (QED) is 0.590. The molecule has 0 amide bonds. The van der Waals surface area contributed by atoms with E-state index in [1.807, 2.05) is 26.0 Å². The van der Waals surface area contributed by atoms with Crippen molar-refractivity contribution in [1.29, 1.82) is 0 Å². The van der Waals surface area contributed by atoms with Crippen molar-refractivity contribution in [3.8, 4) is 5.75 Å². The van der Waals surface area contributed by atoms with E-state index in [-0.39, 0.29) is 12.1 Å². The number of ether oxygens (including phenoxy) is 2. The fraction of sp³-hybridized carbons (Fsp3) is 0.538. The van der Waals surface area contributed by atoms with Crippen LogP contribution in [0.4, 0.5) is 0 Å². The number of rotatable bonds is 7. The number of hydrogen-bond donors (Lipinski definition) is 2. The third-order valence-corrected chi connectivity index (χ3v) is 3.13. The third-order valence-electron chi connectivity index (χ3n) is 2.89. The molecule has 0 spiro atoms. The van der Waals surface area contributed by atoms with E-state index < -0.39 is 0 Å². The maximum absolute atomic E-state index is 6.00. The molecule has 2 unspecified atom stereocenters. The number of hydrazine groups is 1. The Morgan fingerprint density at radius 3 is 2.72 bits per heavy atom.